The molecule has 20 heavy (non-hydrogen) atoms. The van der Waals surface area contributed by atoms with Gasteiger partial charge in [0.05, 0.1) is 20.3 Å². The van der Waals surface area contributed by atoms with E-state index in [1.165, 1.54) is 0 Å². The highest BCUT2D eigenvalue weighted by molar-refractivity contribution is 5.81. The highest BCUT2D eigenvalue weighted by Crippen LogP contribution is 2.27. The molecule has 0 aliphatic rings. The number of methoxy groups -OCH3 is 2. The molecule has 1 atom stereocenters. The number of benzene rings is 1. The van der Waals surface area contributed by atoms with Gasteiger partial charge in [-0.3, -0.25) is 4.79 Å². The Bertz CT molecular complexity index is 447. The first-order valence-corrected chi connectivity index (χ1v) is 6.72. The van der Waals surface area contributed by atoms with Gasteiger partial charge in [-0.25, -0.2) is 0 Å². The van der Waals surface area contributed by atoms with Crippen molar-refractivity contribution < 1.29 is 14.3 Å². The van der Waals surface area contributed by atoms with E-state index in [0.29, 0.717) is 18.0 Å². The van der Waals surface area contributed by atoms with Crippen LogP contribution in [0.2, 0.25) is 0 Å². The molecule has 1 aromatic carbocycles. The SMILES string of the molecule is COc1ccc(CN[C@@H](C)C(=O)NC(C)C)cc1OC. The third kappa shape index (κ3) is 4.74. The molecule has 2 N–H and O–H groups in total. The van der Waals surface area contributed by atoms with Crippen molar-refractivity contribution >= 4 is 5.91 Å². The molecule has 1 rings (SSSR count). The van der Waals surface area contributed by atoms with Gasteiger partial charge in [0.1, 0.15) is 0 Å². The summed E-state index contributed by atoms with van der Waals surface area (Å²) in [5, 5.41) is 6.06. The Morgan fingerprint density at radius 3 is 2.35 bits per heavy atom. The van der Waals surface area contributed by atoms with E-state index in [2.05, 4.69) is 10.6 Å². The number of carbonyl (C=O) groups excluding carboxylic acids is 1. The van der Waals surface area contributed by atoms with Crippen LogP contribution in [-0.4, -0.2) is 32.2 Å². The molecule has 1 amide bonds. The van der Waals surface area contributed by atoms with Crippen LogP contribution in [0.3, 0.4) is 0 Å². The van der Waals surface area contributed by atoms with Crippen molar-refractivity contribution in [2.45, 2.75) is 39.4 Å². The molecule has 0 bridgehead atoms. The summed E-state index contributed by atoms with van der Waals surface area (Å²) in [7, 11) is 3.21. The highest BCUT2D eigenvalue weighted by atomic mass is 16.5. The fourth-order valence-electron chi connectivity index (χ4n) is 1.76. The minimum absolute atomic E-state index is 0.000441. The van der Waals surface area contributed by atoms with Gasteiger partial charge in [0.15, 0.2) is 11.5 Å². The molecule has 112 valence electrons. The molecule has 0 saturated heterocycles. The smallest absolute Gasteiger partial charge is 0.237 e. The first-order chi connectivity index (χ1) is 9.47. The fraction of sp³-hybridized carbons (Fsp3) is 0.533. The minimum Gasteiger partial charge on any atom is -0.493 e. The molecule has 0 aromatic heterocycles. The van der Waals surface area contributed by atoms with Crippen molar-refractivity contribution in [2.75, 3.05) is 14.2 Å². The van der Waals surface area contributed by atoms with E-state index in [1.807, 2.05) is 39.0 Å². The summed E-state index contributed by atoms with van der Waals surface area (Å²) >= 11 is 0. The molecule has 1 aromatic rings. The Morgan fingerprint density at radius 2 is 1.80 bits per heavy atom. The number of ether oxygens (including phenoxy) is 2. The lowest BCUT2D eigenvalue weighted by molar-refractivity contribution is -0.123. The Kier molecular flexibility index (Phi) is 6.31. The van der Waals surface area contributed by atoms with Crippen molar-refractivity contribution in [1.82, 2.24) is 10.6 Å². The van der Waals surface area contributed by atoms with Crippen molar-refractivity contribution in [3.63, 3.8) is 0 Å². The maximum absolute atomic E-state index is 11.8. The Hall–Kier alpha value is -1.75. The molecule has 0 spiro atoms. The van der Waals surface area contributed by atoms with E-state index in [0.717, 1.165) is 5.56 Å². The zero-order valence-corrected chi connectivity index (χ0v) is 12.8. The van der Waals surface area contributed by atoms with Gasteiger partial charge in [-0.2, -0.15) is 0 Å². The maximum Gasteiger partial charge on any atom is 0.237 e. The molecule has 0 heterocycles. The van der Waals surface area contributed by atoms with Crippen LogP contribution in [0.4, 0.5) is 0 Å². The number of amides is 1. The van der Waals surface area contributed by atoms with Gasteiger partial charge in [0.2, 0.25) is 5.91 Å². The van der Waals surface area contributed by atoms with Gasteiger partial charge in [0.25, 0.3) is 0 Å². The van der Waals surface area contributed by atoms with Crippen molar-refractivity contribution in [3.05, 3.63) is 23.8 Å². The van der Waals surface area contributed by atoms with Gasteiger partial charge in [0, 0.05) is 12.6 Å². The minimum atomic E-state index is -0.245. The molecule has 0 aliphatic carbocycles. The molecule has 0 saturated carbocycles. The lowest BCUT2D eigenvalue weighted by atomic mass is 10.2. The normalized spacial score (nSPS) is 12.1. The van der Waals surface area contributed by atoms with Crippen LogP contribution in [0.1, 0.15) is 26.3 Å². The summed E-state index contributed by atoms with van der Waals surface area (Å²) in [6, 6.07) is 5.60. The predicted molar refractivity (Wildman–Crippen MR) is 79.1 cm³/mol. The summed E-state index contributed by atoms with van der Waals surface area (Å²) in [5.41, 5.74) is 1.03. The van der Waals surface area contributed by atoms with Gasteiger partial charge < -0.3 is 20.1 Å². The summed E-state index contributed by atoms with van der Waals surface area (Å²) in [4.78, 5) is 11.8. The van der Waals surface area contributed by atoms with Crippen molar-refractivity contribution in [3.8, 4) is 11.5 Å². The van der Waals surface area contributed by atoms with Crippen molar-refractivity contribution in [1.29, 1.82) is 0 Å². The second-order valence-electron chi connectivity index (χ2n) is 4.96. The van der Waals surface area contributed by atoms with E-state index >= 15 is 0 Å². The predicted octanol–water partition coefficient (Wildman–Crippen LogP) is 1.71. The van der Waals surface area contributed by atoms with Crippen LogP contribution >= 0.6 is 0 Å². The quantitative estimate of drug-likeness (QED) is 0.798. The van der Waals surface area contributed by atoms with E-state index in [1.54, 1.807) is 14.2 Å². The van der Waals surface area contributed by atoms with E-state index in [4.69, 9.17) is 9.47 Å². The average Bonchev–Trinajstić information content (AvgIpc) is 2.43. The Labute approximate surface area is 120 Å². The lowest BCUT2D eigenvalue weighted by Crippen LogP contribution is -2.44. The van der Waals surface area contributed by atoms with Crippen LogP contribution in [-0.2, 0) is 11.3 Å². The number of carbonyl (C=O) groups is 1. The second kappa shape index (κ2) is 7.75. The second-order valence-corrected chi connectivity index (χ2v) is 4.96. The number of hydrogen-bond donors (Lipinski definition) is 2. The zero-order valence-electron chi connectivity index (χ0n) is 12.8. The maximum atomic E-state index is 11.8. The molecular weight excluding hydrogens is 256 g/mol. The van der Waals surface area contributed by atoms with Crippen LogP contribution in [0, 0.1) is 0 Å². The lowest BCUT2D eigenvalue weighted by Gasteiger charge is -2.16. The molecular formula is C15H24N2O3. The van der Waals surface area contributed by atoms with Crippen LogP contribution < -0.4 is 20.1 Å². The molecule has 0 unspecified atom stereocenters. The molecule has 5 nitrogen and oxygen atoms in total. The molecule has 0 aliphatic heterocycles. The van der Waals surface area contributed by atoms with E-state index in [-0.39, 0.29) is 18.0 Å². The third-order valence-corrected chi connectivity index (χ3v) is 2.88. The first kappa shape index (κ1) is 16.3. The standard InChI is InChI=1S/C15H24N2O3/c1-10(2)17-15(18)11(3)16-9-12-6-7-13(19-4)14(8-12)20-5/h6-8,10-11,16H,9H2,1-5H3,(H,17,18)/t11-/m0/s1. The Morgan fingerprint density at radius 1 is 1.15 bits per heavy atom. The number of rotatable bonds is 7. The van der Waals surface area contributed by atoms with Gasteiger partial charge in [-0.1, -0.05) is 6.07 Å². The van der Waals surface area contributed by atoms with Gasteiger partial charge >= 0.3 is 0 Å². The zero-order chi connectivity index (χ0) is 15.1. The van der Waals surface area contributed by atoms with Gasteiger partial charge in [-0.15, -0.1) is 0 Å². The summed E-state index contributed by atoms with van der Waals surface area (Å²) in [6.07, 6.45) is 0. The fourth-order valence-corrected chi connectivity index (χ4v) is 1.76. The largest absolute Gasteiger partial charge is 0.493 e. The van der Waals surface area contributed by atoms with Crippen LogP contribution in [0.15, 0.2) is 18.2 Å². The third-order valence-electron chi connectivity index (χ3n) is 2.88. The average molecular weight is 280 g/mol. The van der Waals surface area contributed by atoms with Crippen LogP contribution in [0.25, 0.3) is 0 Å². The molecule has 0 fully saturated rings. The topological polar surface area (TPSA) is 59.6 Å². The Balaban J connectivity index is 2.59. The number of hydrogen-bond acceptors (Lipinski definition) is 4. The molecule has 0 radical (unpaired) electrons. The van der Waals surface area contributed by atoms with E-state index < -0.39 is 0 Å². The van der Waals surface area contributed by atoms with E-state index in [9.17, 15) is 4.79 Å². The number of nitrogens with one attached hydrogen (secondary N) is 2. The van der Waals surface area contributed by atoms with Crippen LogP contribution in [0.5, 0.6) is 11.5 Å². The monoisotopic (exact) mass is 280 g/mol. The summed E-state index contributed by atoms with van der Waals surface area (Å²) < 4.78 is 10.4. The summed E-state index contributed by atoms with van der Waals surface area (Å²) in [6.45, 7) is 6.32. The molecule has 5 heteroatoms. The van der Waals surface area contributed by atoms with Gasteiger partial charge in [-0.05, 0) is 38.5 Å². The van der Waals surface area contributed by atoms with Crippen molar-refractivity contribution in [2.24, 2.45) is 0 Å². The first-order valence-electron chi connectivity index (χ1n) is 6.72. The summed E-state index contributed by atoms with van der Waals surface area (Å²) in [5.74, 6) is 1.38. The highest BCUT2D eigenvalue weighted by Gasteiger charge is 2.13.